The molecule has 14 heteroatoms. The van der Waals surface area contributed by atoms with Crippen molar-refractivity contribution in [3.63, 3.8) is 0 Å². The Kier molecular flexibility index (Phi) is 7.11. The molecule has 2 aromatic heterocycles. The standard InChI is InChI=1S/C24H31F2N7O4S/c25-24(26)6-11-33(12-7-24)19-1-8-27-22(29-19)30-21(35)20-18(32-9-4-23(2-3-23)5-10-32)15-17(16-28-20)31-38(36,37)14-13-34/h1,8,15-16,31,34H,2-7,9-14H2,(H,27,29,30,35). The normalized spacial score (nSPS) is 20.3. The molecule has 1 saturated carbocycles. The van der Waals surface area contributed by atoms with Crippen LogP contribution in [0.5, 0.6) is 0 Å². The van der Waals surface area contributed by atoms with Gasteiger partial charge >= 0.3 is 0 Å². The van der Waals surface area contributed by atoms with Gasteiger partial charge in [0.05, 0.1) is 29.9 Å². The zero-order valence-electron chi connectivity index (χ0n) is 20.9. The molecule has 0 atom stereocenters. The predicted octanol–water partition coefficient (Wildman–Crippen LogP) is 2.47. The molecule has 0 unspecified atom stereocenters. The van der Waals surface area contributed by atoms with Gasteiger partial charge in [-0.1, -0.05) is 0 Å². The maximum atomic E-state index is 13.6. The first-order valence-corrected chi connectivity index (χ1v) is 14.4. The van der Waals surface area contributed by atoms with E-state index in [4.69, 9.17) is 5.11 Å². The number of aliphatic hydroxyl groups excluding tert-OH is 1. The lowest BCUT2D eigenvalue weighted by Crippen LogP contribution is -2.39. The fourth-order valence-electron chi connectivity index (χ4n) is 4.98. The van der Waals surface area contributed by atoms with Crippen molar-refractivity contribution < 1.29 is 27.1 Å². The summed E-state index contributed by atoms with van der Waals surface area (Å²) < 4.78 is 53.9. The van der Waals surface area contributed by atoms with Gasteiger partial charge in [0.1, 0.15) is 5.82 Å². The van der Waals surface area contributed by atoms with E-state index in [1.807, 2.05) is 4.90 Å². The van der Waals surface area contributed by atoms with Gasteiger partial charge in [0, 0.05) is 45.2 Å². The van der Waals surface area contributed by atoms with Crippen molar-refractivity contribution in [2.24, 2.45) is 5.41 Å². The Bertz CT molecular complexity index is 1290. The van der Waals surface area contributed by atoms with E-state index >= 15 is 0 Å². The van der Waals surface area contributed by atoms with Crippen LogP contribution in [0, 0.1) is 5.41 Å². The number of nitrogens with zero attached hydrogens (tertiary/aromatic N) is 5. The molecule has 2 saturated heterocycles. The van der Waals surface area contributed by atoms with Crippen molar-refractivity contribution in [2.75, 3.05) is 58.4 Å². The number of aromatic nitrogens is 3. The van der Waals surface area contributed by atoms with Crippen LogP contribution in [-0.2, 0) is 10.0 Å². The Morgan fingerprint density at radius 2 is 1.71 bits per heavy atom. The molecule has 38 heavy (non-hydrogen) atoms. The summed E-state index contributed by atoms with van der Waals surface area (Å²) in [6.45, 7) is 1.18. The highest BCUT2D eigenvalue weighted by Crippen LogP contribution is 2.54. The van der Waals surface area contributed by atoms with Crippen molar-refractivity contribution >= 4 is 39.1 Å². The Morgan fingerprint density at radius 1 is 1.03 bits per heavy atom. The van der Waals surface area contributed by atoms with E-state index in [-0.39, 0.29) is 43.3 Å². The van der Waals surface area contributed by atoms with Gasteiger partial charge in [-0.25, -0.2) is 27.2 Å². The molecule has 3 fully saturated rings. The van der Waals surface area contributed by atoms with Crippen LogP contribution < -0.4 is 19.8 Å². The summed E-state index contributed by atoms with van der Waals surface area (Å²) >= 11 is 0. The van der Waals surface area contributed by atoms with Gasteiger partial charge in [0.2, 0.25) is 16.0 Å². The zero-order chi connectivity index (χ0) is 27.0. The van der Waals surface area contributed by atoms with Crippen molar-refractivity contribution in [2.45, 2.75) is 44.4 Å². The lowest BCUT2D eigenvalue weighted by Gasteiger charge is -2.34. The number of anilines is 4. The van der Waals surface area contributed by atoms with Crippen LogP contribution >= 0.6 is 0 Å². The fourth-order valence-corrected chi connectivity index (χ4v) is 5.80. The third-order valence-electron chi connectivity index (χ3n) is 7.52. The molecular formula is C24H31F2N7O4S. The van der Waals surface area contributed by atoms with Gasteiger partial charge in [0.15, 0.2) is 5.69 Å². The van der Waals surface area contributed by atoms with E-state index in [9.17, 15) is 22.0 Å². The van der Waals surface area contributed by atoms with Gasteiger partial charge in [-0.15, -0.1) is 0 Å². The zero-order valence-corrected chi connectivity index (χ0v) is 21.7. The molecule has 11 nitrogen and oxygen atoms in total. The molecule has 1 amide bonds. The number of amides is 1. The highest BCUT2D eigenvalue weighted by atomic mass is 32.2. The molecule has 3 aliphatic rings. The minimum absolute atomic E-state index is 0.0147. The number of halogens is 2. The third kappa shape index (κ3) is 6.12. The molecule has 206 valence electrons. The van der Waals surface area contributed by atoms with E-state index in [1.165, 1.54) is 25.2 Å². The van der Waals surface area contributed by atoms with Gasteiger partial charge in [-0.3, -0.25) is 14.8 Å². The second-order valence-electron chi connectivity index (χ2n) is 10.3. The van der Waals surface area contributed by atoms with E-state index in [0.717, 1.165) is 12.8 Å². The van der Waals surface area contributed by atoms with E-state index < -0.39 is 34.2 Å². The molecule has 1 spiro atoms. The molecule has 4 heterocycles. The minimum Gasteiger partial charge on any atom is -0.395 e. The SMILES string of the molecule is O=C(Nc1nccc(N2CCC(F)(F)CC2)n1)c1ncc(NS(=O)(=O)CCO)cc1N1CCC2(CC1)CC2. The molecular weight excluding hydrogens is 520 g/mol. The summed E-state index contributed by atoms with van der Waals surface area (Å²) in [4.78, 5) is 29.8. The van der Waals surface area contributed by atoms with Crippen molar-refractivity contribution in [1.29, 1.82) is 0 Å². The number of piperidine rings is 2. The van der Waals surface area contributed by atoms with Crippen molar-refractivity contribution in [3.05, 3.63) is 30.2 Å². The number of carbonyl (C=O) groups is 1. The van der Waals surface area contributed by atoms with Gasteiger partial charge < -0.3 is 14.9 Å². The number of nitrogens with one attached hydrogen (secondary N) is 2. The maximum Gasteiger partial charge on any atom is 0.278 e. The van der Waals surface area contributed by atoms with Gasteiger partial charge in [-0.2, -0.15) is 4.98 Å². The first-order chi connectivity index (χ1) is 18.1. The van der Waals surface area contributed by atoms with Crippen LogP contribution in [0.3, 0.4) is 0 Å². The number of aliphatic hydroxyl groups is 1. The summed E-state index contributed by atoms with van der Waals surface area (Å²) in [7, 11) is -3.78. The number of alkyl halides is 2. The minimum atomic E-state index is -3.78. The van der Waals surface area contributed by atoms with Crippen LogP contribution in [0.4, 0.5) is 31.9 Å². The average molecular weight is 552 g/mol. The van der Waals surface area contributed by atoms with Crippen LogP contribution in [0.15, 0.2) is 24.5 Å². The molecule has 0 aromatic carbocycles. The third-order valence-corrected chi connectivity index (χ3v) is 8.79. The Hall–Kier alpha value is -3.13. The molecule has 2 aromatic rings. The average Bonchev–Trinajstić information content (AvgIpc) is 3.63. The van der Waals surface area contributed by atoms with Crippen LogP contribution in [0.25, 0.3) is 0 Å². The summed E-state index contributed by atoms with van der Waals surface area (Å²) in [6, 6.07) is 3.18. The summed E-state index contributed by atoms with van der Waals surface area (Å²) in [6.07, 6.45) is 6.55. The van der Waals surface area contributed by atoms with E-state index in [0.29, 0.717) is 30.0 Å². The van der Waals surface area contributed by atoms with Gasteiger partial charge in [0.25, 0.3) is 11.8 Å². The number of hydrogen-bond donors (Lipinski definition) is 3. The largest absolute Gasteiger partial charge is 0.395 e. The summed E-state index contributed by atoms with van der Waals surface area (Å²) in [5, 5.41) is 11.7. The van der Waals surface area contributed by atoms with E-state index in [2.05, 4.69) is 25.0 Å². The Morgan fingerprint density at radius 3 is 2.37 bits per heavy atom. The topological polar surface area (TPSA) is 141 Å². The van der Waals surface area contributed by atoms with Crippen LogP contribution in [0.2, 0.25) is 0 Å². The first kappa shape index (κ1) is 26.5. The molecule has 2 aliphatic heterocycles. The predicted molar refractivity (Wildman–Crippen MR) is 138 cm³/mol. The second-order valence-corrected chi connectivity index (χ2v) is 12.1. The molecule has 1 aliphatic carbocycles. The Balaban J connectivity index is 1.36. The fraction of sp³-hybridized carbons (Fsp3) is 0.583. The van der Waals surface area contributed by atoms with Crippen molar-refractivity contribution in [1.82, 2.24) is 15.0 Å². The smallest absolute Gasteiger partial charge is 0.278 e. The number of pyridine rings is 1. The second kappa shape index (κ2) is 10.2. The highest BCUT2D eigenvalue weighted by Gasteiger charge is 2.45. The van der Waals surface area contributed by atoms with Crippen molar-refractivity contribution in [3.8, 4) is 0 Å². The van der Waals surface area contributed by atoms with Crippen LogP contribution in [-0.4, -0.2) is 78.8 Å². The molecule has 3 N–H and O–H groups in total. The molecule has 0 bridgehead atoms. The quantitative estimate of drug-likeness (QED) is 0.451. The van der Waals surface area contributed by atoms with E-state index in [1.54, 1.807) is 17.0 Å². The molecule has 5 rings (SSSR count). The summed E-state index contributed by atoms with van der Waals surface area (Å²) in [5.41, 5.74) is 1.15. The van der Waals surface area contributed by atoms with Gasteiger partial charge in [-0.05, 0) is 43.2 Å². The van der Waals surface area contributed by atoms with Crippen LogP contribution in [0.1, 0.15) is 49.0 Å². The number of rotatable bonds is 8. The highest BCUT2D eigenvalue weighted by molar-refractivity contribution is 7.92. The number of carbonyl (C=O) groups excluding carboxylic acids is 1. The number of hydrogen-bond acceptors (Lipinski definition) is 9. The lowest BCUT2D eigenvalue weighted by atomic mass is 9.93. The molecule has 0 radical (unpaired) electrons. The lowest BCUT2D eigenvalue weighted by molar-refractivity contribution is -0.0221. The Labute approximate surface area is 219 Å². The maximum absolute atomic E-state index is 13.6. The first-order valence-electron chi connectivity index (χ1n) is 12.7. The monoisotopic (exact) mass is 551 g/mol. The number of sulfonamides is 1. The summed E-state index contributed by atoms with van der Waals surface area (Å²) in [5.74, 6) is -3.26.